The SMILES string of the molecule is CC1=C(Br)CN(C(=O)[C@@H](C)O)CC1. The minimum Gasteiger partial charge on any atom is -0.384 e. The van der Waals surface area contributed by atoms with Crippen LogP contribution in [0.15, 0.2) is 10.1 Å². The first-order chi connectivity index (χ1) is 6.02. The normalized spacial score (nSPS) is 20.5. The standard InChI is InChI=1S/C9H14BrNO2/c1-6-3-4-11(5-8(6)10)9(13)7(2)12/h7,12H,3-5H2,1-2H3/t7-/m1/s1. The molecule has 1 heterocycles. The van der Waals surface area contributed by atoms with Gasteiger partial charge < -0.3 is 10.0 Å². The lowest BCUT2D eigenvalue weighted by Gasteiger charge is -2.28. The average molecular weight is 248 g/mol. The van der Waals surface area contributed by atoms with Crippen LogP contribution >= 0.6 is 15.9 Å². The van der Waals surface area contributed by atoms with Crippen LogP contribution < -0.4 is 0 Å². The topological polar surface area (TPSA) is 40.5 Å². The molecule has 3 nitrogen and oxygen atoms in total. The number of hydrogen-bond donors (Lipinski definition) is 1. The first-order valence-corrected chi connectivity index (χ1v) is 5.12. The molecule has 0 radical (unpaired) electrons. The zero-order valence-corrected chi connectivity index (χ0v) is 9.47. The van der Waals surface area contributed by atoms with Crippen molar-refractivity contribution in [2.45, 2.75) is 26.4 Å². The summed E-state index contributed by atoms with van der Waals surface area (Å²) in [6.45, 7) is 4.86. The highest BCUT2D eigenvalue weighted by Crippen LogP contribution is 2.22. The van der Waals surface area contributed by atoms with Gasteiger partial charge in [0.2, 0.25) is 0 Å². The van der Waals surface area contributed by atoms with Gasteiger partial charge >= 0.3 is 0 Å². The number of nitrogens with zero attached hydrogens (tertiary/aromatic N) is 1. The van der Waals surface area contributed by atoms with E-state index >= 15 is 0 Å². The van der Waals surface area contributed by atoms with E-state index in [0.29, 0.717) is 13.1 Å². The van der Waals surface area contributed by atoms with Crippen molar-refractivity contribution in [1.82, 2.24) is 4.90 Å². The van der Waals surface area contributed by atoms with Crippen molar-refractivity contribution in [1.29, 1.82) is 0 Å². The molecule has 1 aliphatic rings. The van der Waals surface area contributed by atoms with Crippen molar-refractivity contribution >= 4 is 21.8 Å². The van der Waals surface area contributed by atoms with Crippen LogP contribution in [-0.4, -0.2) is 35.1 Å². The van der Waals surface area contributed by atoms with Gasteiger partial charge in [0.25, 0.3) is 5.91 Å². The molecule has 1 aliphatic heterocycles. The van der Waals surface area contributed by atoms with Gasteiger partial charge in [0.05, 0.1) is 6.54 Å². The Kier molecular flexibility index (Phi) is 3.50. The van der Waals surface area contributed by atoms with Crippen molar-refractivity contribution in [2.75, 3.05) is 13.1 Å². The van der Waals surface area contributed by atoms with E-state index in [9.17, 15) is 4.79 Å². The Labute approximate surface area is 86.5 Å². The molecular formula is C9H14BrNO2. The van der Waals surface area contributed by atoms with Gasteiger partial charge in [0.1, 0.15) is 6.10 Å². The highest BCUT2D eigenvalue weighted by molar-refractivity contribution is 9.11. The number of rotatable bonds is 1. The average Bonchev–Trinajstić information content (AvgIpc) is 2.08. The van der Waals surface area contributed by atoms with Gasteiger partial charge in [-0.3, -0.25) is 4.79 Å². The van der Waals surface area contributed by atoms with E-state index in [-0.39, 0.29) is 5.91 Å². The Bertz CT molecular complexity index is 248. The predicted octanol–water partition coefficient (Wildman–Crippen LogP) is 1.27. The van der Waals surface area contributed by atoms with Crippen LogP contribution in [0.1, 0.15) is 20.3 Å². The van der Waals surface area contributed by atoms with Gasteiger partial charge in [0.15, 0.2) is 0 Å². The smallest absolute Gasteiger partial charge is 0.251 e. The number of halogens is 1. The number of hydrogen-bond acceptors (Lipinski definition) is 2. The number of aliphatic hydroxyl groups is 1. The molecule has 74 valence electrons. The molecule has 0 bridgehead atoms. The summed E-state index contributed by atoms with van der Waals surface area (Å²) in [6.07, 6.45) is -0.00215. The van der Waals surface area contributed by atoms with Gasteiger partial charge in [-0.15, -0.1) is 0 Å². The summed E-state index contributed by atoms with van der Waals surface area (Å²) in [5.41, 5.74) is 1.29. The second-order valence-corrected chi connectivity index (χ2v) is 4.33. The van der Waals surface area contributed by atoms with Crippen molar-refractivity contribution in [3.8, 4) is 0 Å². The van der Waals surface area contributed by atoms with Crippen LogP contribution in [0.5, 0.6) is 0 Å². The van der Waals surface area contributed by atoms with Crippen LogP contribution in [0.4, 0.5) is 0 Å². The van der Waals surface area contributed by atoms with Crippen molar-refractivity contribution in [2.24, 2.45) is 0 Å². The molecule has 0 unspecified atom stereocenters. The molecule has 1 N–H and O–H groups in total. The molecule has 0 aromatic heterocycles. The maximum absolute atomic E-state index is 11.4. The molecule has 0 saturated carbocycles. The van der Waals surface area contributed by atoms with E-state index in [0.717, 1.165) is 10.9 Å². The van der Waals surface area contributed by atoms with Crippen LogP contribution in [0, 0.1) is 0 Å². The van der Waals surface area contributed by atoms with Gasteiger partial charge in [0, 0.05) is 11.0 Å². The van der Waals surface area contributed by atoms with Crippen molar-refractivity contribution in [3.63, 3.8) is 0 Å². The molecule has 0 spiro atoms. The van der Waals surface area contributed by atoms with Gasteiger partial charge in [-0.05, 0) is 20.3 Å². The van der Waals surface area contributed by atoms with Crippen LogP contribution in [0.3, 0.4) is 0 Å². The van der Waals surface area contributed by atoms with E-state index in [1.54, 1.807) is 4.90 Å². The molecule has 1 amide bonds. The summed E-state index contributed by atoms with van der Waals surface area (Å²) in [4.78, 5) is 13.1. The van der Waals surface area contributed by atoms with E-state index in [1.165, 1.54) is 12.5 Å². The first-order valence-electron chi connectivity index (χ1n) is 4.33. The zero-order valence-electron chi connectivity index (χ0n) is 7.88. The summed E-state index contributed by atoms with van der Waals surface area (Å²) in [5.74, 6) is -0.190. The van der Waals surface area contributed by atoms with Gasteiger partial charge in [-0.2, -0.15) is 0 Å². The fourth-order valence-electron chi connectivity index (χ4n) is 1.27. The number of aliphatic hydroxyl groups excluding tert-OH is 1. The molecule has 1 atom stereocenters. The Morgan fingerprint density at radius 3 is 2.77 bits per heavy atom. The fourth-order valence-corrected chi connectivity index (χ4v) is 1.77. The molecule has 4 heteroatoms. The third-order valence-electron chi connectivity index (χ3n) is 2.22. The van der Waals surface area contributed by atoms with Gasteiger partial charge in [-0.1, -0.05) is 21.5 Å². The summed E-state index contributed by atoms with van der Waals surface area (Å²) < 4.78 is 1.06. The molecule has 0 saturated heterocycles. The summed E-state index contributed by atoms with van der Waals surface area (Å²) in [5, 5.41) is 9.10. The lowest BCUT2D eigenvalue weighted by atomic mass is 10.1. The minimum absolute atomic E-state index is 0.190. The van der Waals surface area contributed by atoms with E-state index in [4.69, 9.17) is 5.11 Å². The lowest BCUT2D eigenvalue weighted by molar-refractivity contribution is -0.138. The van der Waals surface area contributed by atoms with Crippen molar-refractivity contribution < 1.29 is 9.90 Å². The third kappa shape index (κ3) is 2.54. The molecule has 0 fully saturated rings. The second kappa shape index (κ2) is 4.24. The summed E-state index contributed by atoms with van der Waals surface area (Å²) in [7, 11) is 0. The summed E-state index contributed by atoms with van der Waals surface area (Å²) >= 11 is 3.42. The second-order valence-electron chi connectivity index (χ2n) is 3.37. The molecule has 13 heavy (non-hydrogen) atoms. The number of carbonyl (C=O) groups excluding carboxylic acids is 1. The Morgan fingerprint density at radius 1 is 1.69 bits per heavy atom. The van der Waals surface area contributed by atoms with Crippen LogP contribution in [-0.2, 0) is 4.79 Å². The molecular weight excluding hydrogens is 234 g/mol. The zero-order chi connectivity index (χ0) is 10.0. The van der Waals surface area contributed by atoms with Gasteiger partial charge in [-0.25, -0.2) is 0 Å². The lowest BCUT2D eigenvalue weighted by Crippen LogP contribution is -2.41. The minimum atomic E-state index is -0.890. The monoisotopic (exact) mass is 247 g/mol. The van der Waals surface area contributed by atoms with Crippen LogP contribution in [0.25, 0.3) is 0 Å². The highest BCUT2D eigenvalue weighted by atomic mass is 79.9. The largest absolute Gasteiger partial charge is 0.384 e. The predicted molar refractivity (Wildman–Crippen MR) is 54.5 cm³/mol. The van der Waals surface area contributed by atoms with Crippen molar-refractivity contribution in [3.05, 3.63) is 10.1 Å². The maximum atomic E-state index is 11.4. The third-order valence-corrected chi connectivity index (χ3v) is 3.15. The Balaban J connectivity index is 2.63. The first kappa shape index (κ1) is 10.7. The van der Waals surface area contributed by atoms with E-state index in [2.05, 4.69) is 15.9 Å². The quantitative estimate of drug-likeness (QED) is 0.759. The Morgan fingerprint density at radius 2 is 2.31 bits per heavy atom. The van der Waals surface area contributed by atoms with E-state index in [1.807, 2.05) is 6.92 Å². The van der Waals surface area contributed by atoms with E-state index < -0.39 is 6.10 Å². The highest BCUT2D eigenvalue weighted by Gasteiger charge is 2.22. The Hall–Kier alpha value is -0.350. The molecule has 1 rings (SSSR count). The number of carbonyl (C=O) groups is 1. The van der Waals surface area contributed by atoms with Crippen LogP contribution in [0.2, 0.25) is 0 Å². The summed E-state index contributed by atoms with van der Waals surface area (Å²) in [6, 6.07) is 0. The molecule has 0 aliphatic carbocycles. The molecule has 0 aromatic rings. The number of amides is 1. The fraction of sp³-hybridized carbons (Fsp3) is 0.667. The maximum Gasteiger partial charge on any atom is 0.251 e. The molecule has 0 aromatic carbocycles.